The van der Waals surface area contributed by atoms with Crippen LogP contribution < -0.4 is 5.69 Å². The fourth-order valence-electron chi connectivity index (χ4n) is 3.95. The Balaban J connectivity index is 1.43. The number of benzene rings is 1. The molecule has 0 unspecified atom stereocenters. The predicted molar refractivity (Wildman–Crippen MR) is 116 cm³/mol. The van der Waals surface area contributed by atoms with Crippen LogP contribution >= 0.6 is 27.7 Å². The lowest BCUT2D eigenvalue weighted by Crippen LogP contribution is -2.37. The van der Waals surface area contributed by atoms with E-state index in [0.717, 1.165) is 80.3 Å². The molecule has 1 aromatic heterocycles. The Morgan fingerprint density at radius 1 is 1.11 bits per heavy atom. The molecule has 4 rings (SSSR count). The topological polar surface area (TPSA) is 47.4 Å². The van der Waals surface area contributed by atoms with E-state index < -0.39 is 0 Å². The van der Waals surface area contributed by atoms with Gasteiger partial charge in [-0.25, -0.2) is 4.79 Å². The lowest BCUT2D eigenvalue weighted by molar-refractivity contribution is 0.0368. The SMILES string of the molecule is O=c1nc(SCc2ccc(Br)cc2)c2c(n1CCCN1CCOCC1)CCC2. The number of fused-ring (bicyclic) bond motifs is 1. The van der Waals surface area contributed by atoms with Gasteiger partial charge in [0, 0.05) is 47.7 Å². The van der Waals surface area contributed by atoms with E-state index in [2.05, 4.69) is 50.1 Å². The molecule has 7 heteroatoms. The van der Waals surface area contributed by atoms with Crippen LogP contribution in [-0.2, 0) is 29.9 Å². The van der Waals surface area contributed by atoms with Crippen LogP contribution in [0.5, 0.6) is 0 Å². The van der Waals surface area contributed by atoms with Crippen LogP contribution in [-0.4, -0.2) is 47.3 Å². The summed E-state index contributed by atoms with van der Waals surface area (Å²) in [5.41, 5.74) is 3.69. The molecule has 0 amide bonds. The average Bonchev–Trinajstić information content (AvgIpc) is 3.20. The van der Waals surface area contributed by atoms with Gasteiger partial charge in [-0.05, 0) is 43.4 Å². The highest BCUT2D eigenvalue weighted by Gasteiger charge is 2.22. The summed E-state index contributed by atoms with van der Waals surface area (Å²) in [6, 6.07) is 8.34. The second-order valence-corrected chi connectivity index (χ2v) is 9.23. The van der Waals surface area contributed by atoms with E-state index in [0.29, 0.717) is 0 Å². The van der Waals surface area contributed by atoms with Crippen molar-refractivity contribution >= 4 is 27.7 Å². The summed E-state index contributed by atoms with van der Waals surface area (Å²) in [5.74, 6) is 0.840. The minimum Gasteiger partial charge on any atom is -0.379 e. The number of hydrogen-bond acceptors (Lipinski definition) is 5. The predicted octanol–water partition coefficient (Wildman–Crippen LogP) is 3.51. The number of hydrogen-bond donors (Lipinski definition) is 0. The molecule has 1 fully saturated rings. The highest BCUT2D eigenvalue weighted by atomic mass is 79.9. The number of ether oxygens (including phenoxy) is 1. The van der Waals surface area contributed by atoms with Gasteiger partial charge in [-0.15, -0.1) is 11.8 Å². The van der Waals surface area contributed by atoms with Gasteiger partial charge in [0.15, 0.2) is 0 Å². The highest BCUT2D eigenvalue weighted by Crippen LogP contribution is 2.31. The summed E-state index contributed by atoms with van der Waals surface area (Å²) >= 11 is 5.17. The van der Waals surface area contributed by atoms with Crippen molar-refractivity contribution in [1.29, 1.82) is 0 Å². The molecule has 5 nitrogen and oxygen atoms in total. The van der Waals surface area contributed by atoms with Gasteiger partial charge < -0.3 is 4.74 Å². The lowest BCUT2D eigenvalue weighted by atomic mass is 10.2. The van der Waals surface area contributed by atoms with Gasteiger partial charge in [0.1, 0.15) is 5.03 Å². The molecule has 0 atom stereocenters. The van der Waals surface area contributed by atoms with Crippen molar-refractivity contribution in [2.45, 2.75) is 43.0 Å². The van der Waals surface area contributed by atoms with Gasteiger partial charge in [0.25, 0.3) is 0 Å². The summed E-state index contributed by atoms with van der Waals surface area (Å²) in [5, 5.41) is 0.935. The van der Waals surface area contributed by atoms with Crippen LogP contribution in [0.4, 0.5) is 0 Å². The van der Waals surface area contributed by atoms with Gasteiger partial charge in [0.05, 0.1) is 13.2 Å². The van der Waals surface area contributed by atoms with Crippen molar-refractivity contribution in [3.8, 4) is 0 Å². The first-order chi connectivity index (χ1) is 13.7. The molecular weight excluding hydrogens is 438 g/mol. The summed E-state index contributed by atoms with van der Waals surface area (Å²) in [6.07, 6.45) is 4.14. The molecular formula is C21H26BrN3O2S. The summed E-state index contributed by atoms with van der Waals surface area (Å²) in [7, 11) is 0. The van der Waals surface area contributed by atoms with Gasteiger partial charge in [0.2, 0.25) is 0 Å². The summed E-state index contributed by atoms with van der Waals surface area (Å²) in [4.78, 5) is 19.6. The summed E-state index contributed by atoms with van der Waals surface area (Å²) < 4.78 is 8.43. The van der Waals surface area contributed by atoms with Gasteiger partial charge in [-0.3, -0.25) is 9.47 Å². The van der Waals surface area contributed by atoms with Crippen molar-refractivity contribution in [2.75, 3.05) is 32.8 Å². The highest BCUT2D eigenvalue weighted by molar-refractivity contribution is 9.10. The zero-order valence-electron chi connectivity index (χ0n) is 16.0. The van der Waals surface area contributed by atoms with E-state index in [1.807, 2.05) is 4.57 Å². The standard InChI is InChI=1S/C21H26BrN3O2S/c22-17-7-5-16(6-8-17)15-28-20-18-3-1-4-19(18)25(21(26)23-20)10-2-9-24-11-13-27-14-12-24/h5-8H,1-4,9-15H2. The molecule has 1 aliphatic heterocycles. The molecule has 1 saturated heterocycles. The minimum atomic E-state index is -0.0825. The largest absolute Gasteiger partial charge is 0.379 e. The minimum absolute atomic E-state index is 0.0825. The second kappa shape index (κ2) is 9.57. The van der Waals surface area contributed by atoms with E-state index in [1.54, 1.807) is 11.8 Å². The molecule has 0 bridgehead atoms. The van der Waals surface area contributed by atoms with E-state index >= 15 is 0 Å². The Hall–Kier alpha value is -1.15. The third-order valence-corrected chi connectivity index (χ3v) is 7.07. The van der Waals surface area contributed by atoms with Crippen LogP contribution in [0.1, 0.15) is 29.7 Å². The molecule has 2 heterocycles. The third kappa shape index (κ3) is 4.87. The molecule has 2 aromatic rings. The first-order valence-corrected chi connectivity index (χ1v) is 11.8. The van der Waals surface area contributed by atoms with Crippen LogP contribution in [0.15, 0.2) is 38.6 Å². The number of aromatic nitrogens is 2. The molecule has 28 heavy (non-hydrogen) atoms. The number of halogens is 1. The van der Waals surface area contributed by atoms with Crippen LogP contribution in [0, 0.1) is 0 Å². The molecule has 0 spiro atoms. The first-order valence-electron chi connectivity index (χ1n) is 10.0. The van der Waals surface area contributed by atoms with Crippen molar-refractivity contribution in [2.24, 2.45) is 0 Å². The third-order valence-electron chi connectivity index (χ3n) is 5.45. The lowest BCUT2D eigenvalue weighted by Gasteiger charge is -2.26. The molecule has 0 radical (unpaired) electrons. The van der Waals surface area contributed by atoms with Crippen molar-refractivity contribution in [3.63, 3.8) is 0 Å². The molecule has 2 aliphatic rings. The molecule has 1 aromatic carbocycles. The van der Waals surface area contributed by atoms with Crippen LogP contribution in [0.25, 0.3) is 0 Å². The van der Waals surface area contributed by atoms with Crippen LogP contribution in [0.2, 0.25) is 0 Å². The number of nitrogens with zero attached hydrogens (tertiary/aromatic N) is 3. The Morgan fingerprint density at radius 3 is 2.68 bits per heavy atom. The smallest absolute Gasteiger partial charge is 0.348 e. The van der Waals surface area contributed by atoms with Gasteiger partial charge >= 0.3 is 5.69 Å². The van der Waals surface area contributed by atoms with E-state index in [4.69, 9.17) is 4.74 Å². The zero-order valence-corrected chi connectivity index (χ0v) is 18.4. The van der Waals surface area contributed by atoms with E-state index in [9.17, 15) is 4.79 Å². The van der Waals surface area contributed by atoms with Crippen molar-refractivity contribution < 1.29 is 4.74 Å². The first kappa shape index (κ1) is 20.1. The maximum Gasteiger partial charge on any atom is 0.348 e. The molecule has 0 N–H and O–H groups in total. The number of thioether (sulfide) groups is 1. The molecule has 1 aliphatic carbocycles. The molecule has 0 saturated carbocycles. The molecule has 150 valence electrons. The fourth-order valence-corrected chi connectivity index (χ4v) is 5.24. The van der Waals surface area contributed by atoms with E-state index in [-0.39, 0.29) is 5.69 Å². The van der Waals surface area contributed by atoms with E-state index in [1.165, 1.54) is 16.8 Å². The Kier molecular flexibility index (Phi) is 6.88. The quantitative estimate of drug-likeness (QED) is 0.464. The van der Waals surface area contributed by atoms with Crippen LogP contribution in [0.3, 0.4) is 0 Å². The fraction of sp³-hybridized carbons (Fsp3) is 0.524. The average molecular weight is 464 g/mol. The zero-order chi connectivity index (χ0) is 19.3. The van der Waals surface area contributed by atoms with Gasteiger partial charge in [-0.2, -0.15) is 4.98 Å². The monoisotopic (exact) mass is 463 g/mol. The maximum atomic E-state index is 12.7. The maximum absolute atomic E-state index is 12.7. The van der Waals surface area contributed by atoms with Crippen molar-refractivity contribution in [1.82, 2.24) is 14.5 Å². The normalized spacial score (nSPS) is 17.0. The summed E-state index contributed by atoms with van der Waals surface area (Å²) in [6.45, 7) is 5.42. The Labute approximate surface area is 178 Å². The number of morpholine rings is 1. The number of rotatable bonds is 7. The Bertz CT molecular complexity index is 863. The van der Waals surface area contributed by atoms with Crippen molar-refractivity contribution in [3.05, 3.63) is 56.0 Å². The Morgan fingerprint density at radius 2 is 1.89 bits per heavy atom. The van der Waals surface area contributed by atoms with Gasteiger partial charge in [-0.1, -0.05) is 28.1 Å². The second-order valence-electron chi connectivity index (χ2n) is 7.35.